The molecule has 0 bridgehead atoms. The number of fused-ring (bicyclic) bond motifs is 7. The summed E-state index contributed by atoms with van der Waals surface area (Å²) in [6.45, 7) is 25.1. The number of nitrogens with zero attached hydrogens (tertiary/aromatic N) is 1. The van der Waals surface area contributed by atoms with Gasteiger partial charge in [0.15, 0.2) is 9.84 Å². The molecule has 0 unspecified atom stereocenters. The molecule has 7 rings (SSSR count). The third-order valence-corrected chi connectivity index (χ3v) is 20.9. The molecular formula is C45H76N2O7S. The zero-order chi connectivity index (χ0) is 40.3. The zero-order valence-electron chi connectivity index (χ0n) is 36.0. The summed E-state index contributed by atoms with van der Waals surface area (Å²) in [5.74, 6) is 2.35. The number of carbonyl (C=O) groups excluding carboxylic acids is 1. The summed E-state index contributed by atoms with van der Waals surface area (Å²) in [5, 5.41) is 24.7. The monoisotopic (exact) mass is 789 g/mol. The molecule has 0 aromatic heterocycles. The van der Waals surface area contributed by atoms with E-state index in [-0.39, 0.29) is 80.5 Å². The van der Waals surface area contributed by atoms with E-state index in [2.05, 4.69) is 58.7 Å². The van der Waals surface area contributed by atoms with Gasteiger partial charge in [-0.2, -0.15) is 0 Å². The molecular weight excluding hydrogens is 713 g/mol. The predicted molar refractivity (Wildman–Crippen MR) is 216 cm³/mol. The van der Waals surface area contributed by atoms with Crippen LogP contribution in [0.2, 0.25) is 0 Å². The highest BCUT2D eigenvalue weighted by Crippen LogP contribution is 2.76. The number of hydrogen-bond donors (Lipinski definition) is 3. The predicted octanol–water partition coefficient (Wildman–Crippen LogP) is 7.20. The van der Waals surface area contributed by atoms with Gasteiger partial charge in [0.25, 0.3) is 0 Å². The molecule has 6 saturated carbocycles. The third kappa shape index (κ3) is 6.58. The molecule has 0 aromatic carbocycles. The lowest BCUT2D eigenvalue weighted by molar-refractivity contribution is -0.248. The van der Waals surface area contributed by atoms with Crippen LogP contribution in [0.1, 0.15) is 140 Å². The number of aliphatic hydroxyl groups is 1. The van der Waals surface area contributed by atoms with Crippen molar-refractivity contribution in [2.75, 3.05) is 31.1 Å². The van der Waals surface area contributed by atoms with Gasteiger partial charge >= 0.3 is 11.9 Å². The summed E-state index contributed by atoms with van der Waals surface area (Å²) in [7, 11) is -2.99. The molecule has 314 valence electrons. The molecule has 0 radical (unpaired) electrons. The molecule has 7 fully saturated rings. The van der Waals surface area contributed by atoms with Crippen molar-refractivity contribution in [1.82, 2.24) is 10.2 Å². The molecule has 0 spiro atoms. The first-order valence-electron chi connectivity index (χ1n) is 22.2. The van der Waals surface area contributed by atoms with Crippen molar-refractivity contribution >= 4 is 21.8 Å². The van der Waals surface area contributed by atoms with E-state index in [1.807, 2.05) is 20.8 Å². The number of aliphatic carboxylic acids is 1. The van der Waals surface area contributed by atoms with Gasteiger partial charge in [0, 0.05) is 43.1 Å². The third-order valence-electron chi connectivity index (χ3n) is 19.3. The number of ether oxygens (including phenoxy) is 1. The van der Waals surface area contributed by atoms with Gasteiger partial charge in [0.2, 0.25) is 0 Å². The average molecular weight is 789 g/mol. The molecule has 1 saturated heterocycles. The molecule has 55 heavy (non-hydrogen) atoms. The van der Waals surface area contributed by atoms with Crippen LogP contribution in [0.4, 0.5) is 0 Å². The first kappa shape index (κ1) is 41.9. The molecule has 0 amide bonds. The summed E-state index contributed by atoms with van der Waals surface area (Å²) < 4.78 is 31.0. The van der Waals surface area contributed by atoms with Gasteiger partial charge in [-0.15, -0.1) is 0 Å². The Bertz CT molecular complexity index is 1600. The van der Waals surface area contributed by atoms with Crippen LogP contribution < -0.4 is 5.32 Å². The van der Waals surface area contributed by atoms with Crippen molar-refractivity contribution in [1.29, 1.82) is 0 Å². The normalized spacial score (nSPS) is 46.7. The minimum atomic E-state index is -2.99. The lowest BCUT2D eigenvalue weighted by Gasteiger charge is -2.73. The first-order valence-corrected chi connectivity index (χ1v) is 24.1. The number of nitrogens with one attached hydrogen (secondary N) is 1. The fourth-order valence-corrected chi connectivity index (χ4v) is 17.1. The van der Waals surface area contributed by atoms with Gasteiger partial charge in [-0.05, 0) is 134 Å². The molecule has 9 nitrogen and oxygen atoms in total. The van der Waals surface area contributed by atoms with Crippen molar-refractivity contribution in [3.05, 3.63) is 0 Å². The van der Waals surface area contributed by atoms with Crippen LogP contribution in [0.5, 0.6) is 0 Å². The summed E-state index contributed by atoms with van der Waals surface area (Å²) in [6, 6.07) is -0.0971. The van der Waals surface area contributed by atoms with Gasteiger partial charge < -0.3 is 20.3 Å². The van der Waals surface area contributed by atoms with Gasteiger partial charge in [0.1, 0.15) is 6.10 Å². The molecule has 14 atom stereocenters. The Balaban J connectivity index is 1.10. The minimum absolute atomic E-state index is 0.0206. The summed E-state index contributed by atoms with van der Waals surface area (Å²) in [6.07, 6.45) is 10.9. The highest BCUT2D eigenvalue weighted by molar-refractivity contribution is 7.91. The maximum Gasteiger partial charge on any atom is 0.310 e. The minimum Gasteiger partial charge on any atom is -0.481 e. The number of rotatable bonds is 10. The molecule has 1 heterocycles. The Hall–Kier alpha value is -1.23. The number of esters is 1. The Morgan fingerprint density at radius 3 is 2.11 bits per heavy atom. The number of carbonyl (C=O) groups is 2. The Morgan fingerprint density at radius 1 is 0.818 bits per heavy atom. The Morgan fingerprint density at radius 2 is 1.49 bits per heavy atom. The fraction of sp³-hybridized carbons (Fsp3) is 0.956. The van der Waals surface area contributed by atoms with E-state index in [1.165, 1.54) is 38.5 Å². The van der Waals surface area contributed by atoms with Gasteiger partial charge in [0.05, 0.1) is 23.5 Å². The van der Waals surface area contributed by atoms with Gasteiger partial charge in [-0.25, -0.2) is 8.42 Å². The summed E-state index contributed by atoms with van der Waals surface area (Å²) in [5.41, 5.74) is 0.128. The van der Waals surface area contributed by atoms with Crippen LogP contribution in [-0.4, -0.2) is 90.4 Å². The molecule has 7 aliphatic rings. The van der Waals surface area contributed by atoms with Crippen molar-refractivity contribution in [3.8, 4) is 0 Å². The van der Waals surface area contributed by atoms with Crippen LogP contribution >= 0.6 is 0 Å². The van der Waals surface area contributed by atoms with Gasteiger partial charge in [-0.1, -0.05) is 62.3 Å². The quantitative estimate of drug-likeness (QED) is 0.197. The van der Waals surface area contributed by atoms with Crippen molar-refractivity contribution < 1.29 is 33.0 Å². The van der Waals surface area contributed by atoms with E-state index in [4.69, 9.17) is 4.74 Å². The largest absolute Gasteiger partial charge is 0.481 e. The lowest BCUT2D eigenvalue weighted by atomic mass is 9.32. The Labute approximate surface area is 333 Å². The molecule has 10 heteroatoms. The second-order valence-corrected chi connectivity index (χ2v) is 24.8. The zero-order valence-corrected chi connectivity index (χ0v) is 36.8. The summed E-state index contributed by atoms with van der Waals surface area (Å²) in [4.78, 5) is 27.4. The van der Waals surface area contributed by atoms with E-state index in [9.17, 15) is 28.2 Å². The topological polar surface area (TPSA) is 133 Å². The summed E-state index contributed by atoms with van der Waals surface area (Å²) >= 11 is 0. The molecule has 0 aromatic rings. The number of aliphatic hydroxyl groups excluding tert-OH is 1. The van der Waals surface area contributed by atoms with Crippen molar-refractivity contribution in [2.24, 2.45) is 74.4 Å². The number of sulfone groups is 1. The van der Waals surface area contributed by atoms with Crippen LogP contribution in [0, 0.1) is 74.4 Å². The molecule has 1 aliphatic heterocycles. The van der Waals surface area contributed by atoms with E-state index in [0.717, 1.165) is 25.7 Å². The van der Waals surface area contributed by atoms with E-state index < -0.39 is 21.9 Å². The standard InChI is InChI=1S/C45H76N2O7S/c1-27(2)29-13-18-45(46-26-32(28(3)48)47-21-23-55(52,53)24-22-47)20-19-43(9)30(37(29)45)11-12-34-42(8)16-15-35(41(6,7)33(42)14-17-44(34,43)10)54-39(51)38-31(25-36(49)50)40(38,4)5/h27-35,37-38,46,48H,11-26H2,1-10H3,(H,49,50)/t28-,29-,30+,31+,32-,33-,34+,35-,37+,38+,42-,43+,44+,45-/m0/s1. The second-order valence-electron chi connectivity index (χ2n) is 22.5. The average Bonchev–Trinajstić information content (AvgIpc) is 3.40. The fourth-order valence-electron chi connectivity index (χ4n) is 15.9. The lowest BCUT2D eigenvalue weighted by Crippen LogP contribution is -2.69. The number of carboxylic acids is 1. The van der Waals surface area contributed by atoms with E-state index >= 15 is 0 Å². The first-order chi connectivity index (χ1) is 25.5. The highest BCUT2D eigenvalue weighted by atomic mass is 32.2. The van der Waals surface area contributed by atoms with Crippen LogP contribution in [-0.2, 0) is 24.2 Å². The van der Waals surface area contributed by atoms with Crippen LogP contribution in [0.15, 0.2) is 0 Å². The van der Waals surface area contributed by atoms with Gasteiger partial charge in [-0.3, -0.25) is 14.5 Å². The molecule has 3 N–H and O–H groups in total. The van der Waals surface area contributed by atoms with E-state index in [1.54, 1.807) is 0 Å². The second kappa shape index (κ2) is 13.9. The number of carboxylic acid groups (broad SMARTS) is 1. The Kier molecular flexibility index (Phi) is 10.6. The van der Waals surface area contributed by atoms with E-state index in [0.29, 0.717) is 55.1 Å². The van der Waals surface area contributed by atoms with Crippen molar-refractivity contribution in [2.45, 2.75) is 164 Å². The van der Waals surface area contributed by atoms with Crippen LogP contribution in [0.25, 0.3) is 0 Å². The van der Waals surface area contributed by atoms with Crippen LogP contribution in [0.3, 0.4) is 0 Å². The smallest absolute Gasteiger partial charge is 0.310 e. The highest BCUT2D eigenvalue weighted by Gasteiger charge is 2.71. The maximum atomic E-state index is 13.6. The molecule has 6 aliphatic carbocycles. The number of hydrogen-bond acceptors (Lipinski definition) is 8. The SMILES string of the molecule is CC(C)[C@@H]1CC[C@]2(NC[C@@H]([C@H](C)O)N3CCS(=O)(=O)CC3)CC[C@]3(C)[C@H](CC[C@@H]4[C@@]5(C)CC[C@H](OC(=O)[C@H]6[C@@H](CC(=O)O)C6(C)C)C(C)(C)[C@@H]5CC[C@]43C)[C@@H]12. The maximum absolute atomic E-state index is 13.6. The van der Waals surface area contributed by atoms with Crippen molar-refractivity contribution in [3.63, 3.8) is 0 Å².